The van der Waals surface area contributed by atoms with Gasteiger partial charge >= 0.3 is 0 Å². The second-order valence-electron chi connectivity index (χ2n) is 5.73. The van der Waals surface area contributed by atoms with E-state index in [4.69, 9.17) is 0 Å². The molecule has 2 aromatic carbocycles. The maximum absolute atomic E-state index is 12.7. The fourth-order valence-corrected chi connectivity index (χ4v) is 3.87. The molecule has 0 radical (unpaired) electrons. The van der Waals surface area contributed by atoms with E-state index in [0.29, 0.717) is 17.4 Å². The molecule has 4 aromatic rings. The van der Waals surface area contributed by atoms with E-state index in [2.05, 4.69) is 38.0 Å². The first kappa shape index (κ1) is 16.2. The Kier molecular flexibility index (Phi) is 4.46. The molecule has 4 nitrogen and oxygen atoms in total. The van der Waals surface area contributed by atoms with Crippen LogP contribution in [0.2, 0.25) is 0 Å². The summed E-state index contributed by atoms with van der Waals surface area (Å²) in [6.07, 6.45) is 2.40. The van der Waals surface area contributed by atoms with Crippen LogP contribution in [0.4, 0.5) is 0 Å². The molecule has 4 rings (SSSR count). The van der Waals surface area contributed by atoms with Gasteiger partial charge in [0.25, 0.3) is 5.56 Å². The molecule has 0 spiro atoms. The smallest absolute Gasteiger partial charge is 0.261 e. The second kappa shape index (κ2) is 6.90. The zero-order valence-electron chi connectivity index (χ0n) is 13.2. The topological polar surface area (TPSA) is 47.8 Å². The number of fused-ring (bicyclic) bond motifs is 1. The number of hydrogen-bond donors (Lipinski definition) is 0. The third-order valence-electron chi connectivity index (χ3n) is 3.92. The summed E-state index contributed by atoms with van der Waals surface area (Å²) in [4.78, 5) is 21.7. The Hall–Kier alpha value is -2.31. The van der Waals surface area contributed by atoms with E-state index in [1.807, 2.05) is 41.8 Å². The van der Waals surface area contributed by atoms with Crippen LogP contribution >= 0.6 is 27.3 Å². The molecule has 124 valence electrons. The number of halogens is 1. The fraction of sp³-hybridized carbons (Fsp3) is 0.105. The predicted octanol–water partition coefficient (Wildman–Crippen LogP) is 4.25. The largest absolute Gasteiger partial charge is 0.293 e. The van der Waals surface area contributed by atoms with Crippen molar-refractivity contribution >= 4 is 38.2 Å². The molecular formula is C19H14BrN3OS. The Morgan fingerprint density at radius 2 is 1.96 bits per heavy atom. The molecule has 0 amide bonds. The SMILES string of the molecule is O=c1c2cc(Br)ccc2ncn1Cc1csc(Cc2ccccc2)n1. The van der Waals surface area contributed by atoms with Crippen LogP contribution in [-0.4, -0.2) is 14.5 Å². The van der Waals surface area contributed by atoms with Crippen molar-refractivity contribution in [2.24, 2.45) is 0 Å². The predicted molar refractivity (Wildman–Crippen MR) is 104 cm³/mol. The summed E-state index contributed by atoms with van der Waals surface area (Å²) in [5, 5.41) is 3.66. The van der Waals surface area contributed by atoms with E-state index in [9.17, 15) is 4.79 Å². The number of thiazole rings is 1. The molecule has 25 heavy (non-hydrogen) atoms. The highest BCUT2D eigenvalue weighted by Crippen LogP contribution is 2.17. The third kappa shape index (κ3) is 3.55. The first-order valence-corrected chi connectivity index (χ1v) is 9.48. The van der Waals surface area contributed by atoms with E-state index in [1.54, 1.807) is 22.2 Å². The lowest BCUT2D eigenvalue weighted by atomic mass is 10.2. The van der Waals surface area contributed by atoms with Crippen molar-refractivity contribution in [3.63, 3.8) is 0 Å². The fourth-order valence-electron chi connectivity index (χ4n) is 2.69. The zero-order valence-corrected chi connectivity index (χ0v) is 15.6. The number of benzene rings is 2. The maximum Gasteiger partial charge on any atom is 0.261 e. The highest BCUT2D eigenvalue weighted by atomic mass is 79.9. The Morgan fingerprint density at radius 3 is 2.80 bits per heavy atom. The molecule has 0 N–H and O–H groups in total. The Morgan fingerprint density at radius 1 is 1.12 bits per heavy atom. The Bertz CT molecular complexity index is 1090. The maximum atomic E-state index is 12.7. The molecule has 2 heterocycles. The molecule has 0 aliphatic heterocycles. The standard InChI is InChI=1S/C19H14BrN3OS/c20-14-6-7-17-16(9-14)19(24)23(12-21-17)10-15-11-25-18(22-15)8-13-4-2-1-3-5-13/h1-7,9,11-12H,8,10H2. The number of rotatable bonds is 4. The minimum absolute atomic E-state index is 0.0519. The third-order valence-corrected chi connectivity index (χ3v) is 5.31. The zero-order chi connectivity index (χ0) is 17.2. The van der Waals surface area contributed by atoms with Crippen LogP contribution in [-0.2, 0) is 13.0 Å². The lowest BCUT2D eigenvalue weighted by Gasteiger charge is -2.05. The van der Waals surface area contributed by atoms with Crippen molar-refractivity contribution < 1.29 is 0 Å². The summed E-state index contributed by atoms with van der Waals surface area (Å²) in [5.41, 5.74) is 2.77. The molecule has 0 atom stereocenters. The summed E-state index contributed by atoms with van der Waals surface area (Å²) in [5.74, 6) is 0. The minimum Gasteiger partial charge on any atom is -0.293 e. The molecule has 0 bridgehead atoms. The molecule has 6 heteroatoms. The van der Waals surface area contributed by atoms with Crippen molar-refractivity contribution in [3.8, 4) is 0 Å². The quantitative estimate of drug-likeness (QED) is 0.504. The van der Waals surface area contributed by atoms with Gasteiger partial charge in [0.15, 0.2) is 0 Å². The van der Waals surface area contributed by atoms with Gasteiger partial charge in [-0.15, -0.1) is 11.3 Å². The molecule has 0 aliphatic rings. The van der Waals surface area contributed by atoms with Gasteiger partial charge in [0, 0.05) is 16.3 Å². The van der Waals surface area contributed by atoms with Crippen LogP contribution in [0.1, 0.15) is 16.3 Å². The van der Waals surface area contributed by atoms with Gasteiger partial charge in [-0.25, -0.2) is 9.97 Å². The minimum atomic E-state index is -0.0519. The number of hydrogen-bond acceptors (Lipinski definition) is 4. The first-order valence-electron chi connectivity index (χ1n) is 7.81. The summed E-state index contributed by atoms with van der Waals surface area (Å²) in [6.45, 7) is 0.430. The van der Waals surface area contributed by atoms with E-state index >= 15 is 0 Å². The molecule has 0 fully saturated rings. The van der Waals surface area contributed by atoms with Crippen molar-refractivity contribution in [2.75, 3.05) is 0 Å². The van der Waals surface area contributed by atoms with Crippen LogP contribution < -0.4 is 5.56 Å². The lowest BCUT2D eigenvalue weighted by Crippen LogP contribution is -2.21. The van der Waals surface area contributed by atoms with E-state index < -0.39 is 0 Å². The van der Waals surface area contributed by atoms with Gasteiger partial charge in [0.2, 0.25) is 0 Å². The van der Waals surface area contributed by atoms with E-state index in [-0.39, 0.29) is 5.56 Å². The molecule has 2 aromatic heterocycles. The Labute approximate surface area is 156 Å². The normalized spacial score (nSPS) is 11.1. The highest BCUT2D eigenvalue weighted by molar-refractivity contribution is 9.10. The average Bonchev–Trinajstić information content (AvgIpc) is 3.06. The summed E-state index contributed by atoms with van der Waals surface area (Å²) in [7, 11) is 0. The first-order chi connectivity index (χ1) is 12.2. The Balaban J connectivity index is 1.59. The molecular weight excluding hydrogens is 398 g/mol. The van der Waals surface area contributed by atoms with Crippen molar-refractivity contribution in [2.45, 2.75) is 13.0 Å². The molecule has 0 aliphatic carbocycles. The van der Waals surface area contributed by atoms with Gasteiger partial charge in [0.05, 0.1) is 34.5 Å². The second-order valence-corrected chi connectivity index (χ2v) is 7.59. The summed E-state index contributed by atoms with van der Waals surface area (Å²) >= 11 is 5.03. The van der Waals surface area contributed by atoms with Gasteiger partial charge in [-0.2, -0.15) is 0 Å². The van der Waals surface area contributed by atoms with Gasteiger partial charge in [-0.1, -0.05) is 46.3 Å². The summed E-state index contributed by atoms with van der Waals surface area (Å²) < 4.78 is 2.48. The van der Waals surface area contributed by atoms with Crippen molar-refractivity contribution in [1.82, 2.24) is 14.5 Å². The molecule has 0 saturated heterocycles. The average molecular weight is 412 g/mol. The van der Waals surface area contributed by atoms with Crippen molar-refractivity contribution in [1.29, 1.82) is 0 Å². The van der Waals surface area contributed by atoms with Gasteiger partial charge in [-0.3, -0.25) is 9.36 Å². The van der Waals surface area contributed by atoms with E-state index in [0.717, 1.165) is 21.6 Å². The van der Waals surface area contributed by atoms with Gasteiger partial charge < -0.3 is 0 Å². The van der Waals surface area contributed by atoms with Gasteiger partial charge in [-0.05, 0) is 23.8 Å². The lowest BCUT2D eigenvalue weighted by molar-refractivity contribution is 0.731. The van der Waals surface area contributed by atoms with Crippen LogP contribution in [0.5, 0.6) is 0 Å². The van der Waals surface area contributed by atoms with Crippen LogP contribution in [0.25, 0.3) is 10.9 Å². The van der Waals surface area contributed by atoms with Crippen LogP contribution in [0.15, 0.2) is 69.5 Å². The molecule has 0 unspecified atom stereocenters. The number of aromatic nitrogens is 3. The summed E-state index contributed by atoms with van der Waals surface area (Å²) in [6, 6.07) is 15.8. The number of nitrogens with zero attached hydrogens (tertiary/aromatic N) is 3. The van der Waals surface area contributed by atoms with Gasteiger partial charge in [0.1, 0.15) is 0 Å². The molecule has 0 saturated carbocycles. The van der Waals surface area contributed by atoms with Crippen LogP contribution in [0, 0.1) is 0 Å². The van der Waals surface area contributed by atoms with E-state index in [1.165, 1.54) is 5.56 Å². The highest BCUT2D eigenvalue weighted by Gasteiger charge is 2.08. The van der Waals surface area contributed by atoms with Crippen molar-refractivity contribution in [3.05, 3.63) is 91.3 Å². The monoisotopic (exact) mass is 411 g/mol. The van der Waals surface area contributed by atoms with Crippen LogP contribution in [0.3, 0.4) is 0 Å².